The first-order valence-corrected chi connectivity index (χ1v) is 8.65. The Balaban J connectivity index is 1.25. The number of likely N-dealkylation sites (tertiary alicyclic amines) is 1. The summed E-state index contributed by atoms with van der Waals surface area (Å²) in [5.74, 6) is 1.39. The molecule has 5 nitrogen and oxygen atoms in total. The van der Waals surface area contributed by atoms with E-state index in [1.807, 2.05) is 20.2 Å². The highest BCUT2D eigenvalue weighted by Gasteiger charge is 2.56. The molecule has 1 saturated carbocycles. The van der Waals surface area contributed by atoms with Gasteiger partial charge in [-0.1, -0.05) is 30.3 Å². The van der Waals surface area contributed by atoms with Gasteiger partial charge in [-0.2, -0.15) is 5.10 Å². The van der Waals surface area contributed by atoms with Gasteiger partial charge in [0.2, 0.25) is 5.91 Å². The summed E-state index contributed by atoms with van der Waals surface area (Å²) in [6.45, 7) is 5.16. The van der Waals surface area contributed by atoms with Crippen molar-refractivity contribution in [3.8, 4) is 0 Å². The highest BCUT2D eigenvalue weighted by atomic mass is 16.1. The van der Waals surface area contributed by atoms with Crippen molar-refractivity contribution >= 4 is 5.91 Å². The Kier molecular flexibility index (Phi) is 3.88. The third kappa shape index (κ3) is 3.08. The Labute approximate surface area is 142 Å². The minimum atomic E-state index is 0.125. The van der Waals surface area contributed by atoms with E-state index in [-0.39, 0.29) is 5.91 Å². The molecule has 1 saturated heterocycles. The number of carbonyl (C=O) groups excluding carboxylic acids is 1. The standard InChI is InChI=1S/C19H24N4O/c1-13-15(10-22(2)21-13)8-18(24)20-19-16-11-23(12-17(16)19)9-14-6-4-3-5-7-14/h3-7,10,16-17,19H,8-9,11-12H2,1-2H3,(H,20,24)/t16-,17+,19?. The molecule has 1 unspecified atom stereocenters. The van der Waals surface area contributed by atoms with Crippen LogP contribution in [0.25, 0.3) is 0 Å². The second kappa shape index (κ2) is 6.06. The van der Waals surface area contributed by atoms with Gasteiger partial charge in [0, 0.05) is 44.5 Å². The number of hydrogen-bond donors (Lipinski definition) is 1. The zero-order valence-electron chi connectivity index (χ0n) is 14.3. The second-order valence-electron chi connectivity index (χ2n) is 7.19. The number of nitrogens with zero attached hydrogens (tertiary/aromatic N) is 3. The van der Waals surface area contributed by atoms with Gasteiger partial charge >= 0.3 is 0 Å². The zero-order valence-corrected chi connectivity index (χ0v) is 14.3. The molecule has 4 rings (SSSR count). The van der Waals surface area contributed by atoms with E-state index in [1.54, 1.807) is 4.68 Å². The summed E-state index contributed by atoms with van der Waals surface area (Å²) < 4.78 is 1.77. The molecule has 2 fully saturated rings. The Morgan fingerprint density at radius 1 is 1.25 bits per heavy atom. The topological polar surface area (TPSA) is 50.2 Å². The summed E-state index contributed by atoms with van der Waals surface area (Å²) in [5, 5.41) is 7.52. The first-order chi connectivity index (χ1) is 11.6. The number of fused-ring (bicyclic) bond motifs is 1. The molecule has 1 amide bonds. The van der Waals surface area contributed by atoms with Gasteiger partial charge in [0.25, 0.3) is 0 Å². The van der Waals surface area contributed by atoms with Crippen LogP contribution in [0.2, 0.25) is 0 Å². The Morgan fingerprint density at radius 2 is 1.96 bits per heavy atom. The van der Waals surface area contributed by atoms with Crippen molar-refractivity contribution < 1.29 is 4.79 Å². The molecular formula is C19H24N4O. The molecule has 2 heterocycles. The van der Waals surface area contributed by atoms with Crippen molar-refractivity contribution in [3.05, 3.63) is 53.3 Å². The second-order valence-corrected chi connectivity index (χ2v) is 7.19. The molecule has 1 aromatic carbocycles. The molecule has 3 atom stereocenters. The molecule has 2 aliphatic rings. The van der Waals surface area contributed by atoms with Crippen LogP contribution in [0.1, 0.15) is 16.8 Å². The van der Waals surface area contributed by atoms with E-state index in [0.717, 1.165) is 30.9 Å². The van der Waals surface area contributed by atoms with Crippen LogP contribution >= 0.6 is 0 Å². The van der Waals surface area contributed by atoms with E-state index < -0.39 is 0 Å². The predicted molar refractivity (Wildman–Crippen MR) is 92.3 cm³/mol. The fourth-order valence-corrected chi connectivity index (χ4v) is 4.03. The van der Waals surface area contributed by atoms with Crippen molar-refractivity contribution in [2.24, 2.45) is 18.9 Å². The van der Waals surface area contributed by atoms with Crippen LogP contribution in [0.5, 0.6) is 0 Å². The Hall–Kier alpha value is -2.14. The molecule has 0 spiro atoms. The highest BCUT2D eigenvalue weighted by Crippen LogP contribution is 2.45. The largest absolute Gasteiger partial charge is 0.352 e. The van der Waals surface area contributed by atoms with E-state index in [2.05, 4.69) is 45.6 Å². The van der Waals surface area contributed by atoms with Gasteiger partial charge in [0.15, 0.2) is 0 Å². The van der Waals surface area contributed by atoms with Crippen LogP contribution < -0.4 is 5.32 Å². The van der Waals surface area contributed by atoms with Gasteiger partial charge in [-0.25, -0.2) is 0 Å². The number of carbonyl (C=O) groups is 1. The SMILES string of the molecule is Cc1nn(C)cc1CC(=O)NC1[C@H]2CN(Cc3ccccc3)C[C@@H]12. The number of amides is 1. The molecular weight excluding hydrogens is 300 g/mol. The first-order valence-electron chi connectivity index (χ1n) is 8.65. The van der Waals surface area contributed by atoms with Crippen LogP contribution in [0.15, 0.2) is 36.5 Å². The number of benzene rings is 1. The zero-order chi connectivity index (χ0) is 16.7. The van der Waals surface area contributed by atoms with Crippen molar-refractivity contribution in [2.75, 3.05) is 13.1 Å². The van der Waals surface area contributed by atoms with E-state index >= 15 is 0 Å². The predicted octanol–water partition coefficient (Wildman–Crippen LogP) is 1.52. The summed E-state index contributed by atoms with van der Waals surface area (Å²) in [7, 11) is 1.89. The minimum Gasteiger partial charge on any atom is -0.352 e. The lowest BCUT2D eigenvalue weighted by Gasteiger charge is -2.19. The quantitative estimate of drug-likeness (QED) is 0.907. The van der Waals surface area contributed by atoms with Gasteiger partial charge < -0.3 is 5.32 Å². The van der Waals surface area contributed by atoms with Crippen LogP contribution in [0.4, 0.5) is 0 Å². The maximum Gasteiger partial charge on any atom is 0.224 e. The van der Waals surface area contributed by atoms with Crippen LogP contribution in [-0.4, -0.2) is 39.7 Å². The number of aryl methyl sites for hydroxylation is 2. The lowest BCUT2D eigenvalue weighted by molar-refractivity contribution is -0.120. The van der Waals surface area contributed by atoms with Crippen molar-refractivity contribution in [1.29, 1.82) is 0 Å². The summed E-state index contributed by atoms with van der Waals surface area (Å²) in [4.78, 5) is 14.8. The van der Waals surface area contributed by atoms with Gasteiger partial charge in [0.1, 0.15) is 0 Å². The summed E-state index contributed by atoms with van der Waals surface area (Å²) >= 11 is 0. The number of hydrogen-bond acceptors (Lipinski definition) is 3. The summed E-state index contributed by atoms with van der Waals surface area (Å²) in [6.07, 6.45) is 2.37. The van der Waals surface area contributed by atoms with E-state index in [1.165, 1.54) is 5.56 Å². The van der Waals surface area contributed by atoms with Gasteiger partial charge in [-0.3, -0.25) is 14.4 Å². The van der Waals surface area contributed by atoms with E-state index in [9.17, 15) is 4.79 Å². The fraction of sp³-hybridized carbons (Fsp3) is 0.474. The number of aromatic nitrogens is 2. The van der Waals surface area contributed by atoms with Crippen molar-refractivity contribution in [2.45, 2.75) is 25.9 Å². The molecule has 1 aromatic heterocycles. The van der Waals surface area contributed by atoms with Crippen molar-refractivity contribution in [3.63, 3.8) is 0 Å². The third-order valence-electron chi connectivity index (χ3n) is 5.31. The van der Waals surface area contributed by atoms with E-state index in [0.29, 0.717) is 24.3 Å². The molecule has 24 heavy (non-hydrogen) atoms. The summed E-state index contributed by atoms with van der Waals surface area (Å²) in [6, 6.07) is 11.0. The molecule has 0 radical (unpaired) electrons. The lowest BCUT2D eigenvalue weighted by Crippen LogP contribution is -2.35. The molecule has 126 valence electrons. The normalized spacial score (nSPS) is 25.5. The van der Waals surface area contributed by atoms with Crippen LogP contribution in [0.3, 0.4) is 0 Å². The van der Waals surface area contributed by atoms with E-state index in [4.69, 9.17) is 0 Å². The van der Waals surface area contributed by atoms with Gasteiger partial charge in [0.05, 0.1) is 12.1 Å². The monoisotopic (exact) mass is 324 g/mol. The fourth-order valence-electron chi connectivity index (χ4n) is 4.03. The minimum absolute atomic E-state index is 0.125. The smallest absolute Gasteiger partial charge is 0.224 e. The Morgan fingerprint density at radius 3 is 2.58 bits per heavy atom. The van der Waals surface area contributed by atoms with Gasteiger partial charge in [-0.15, -0.1) is 0 Å². The molecule has 2 aromatic rings. The molecule has 1 aliphatic heterocycles. The highest BCUT2D eigenvalue weighted by molar-refractivity contribution is 5.79. The number of nitrogens with one attached hydrogen (secondary N) is 1. The average molecular weight is 324 g/mol. The van der Waals surface area contributed by atoms with Crippen LogP contribution in [-0.2, 0) is 24.8 Å². The summed E-state index contributed by atoms with van der Waals surface area (Å²) in [5.41, 5.74) is 3.33. The molecule has 1 aliphatic carbocycles. The number of piperidine rings is 1. The first kappa shape index (κ1) is 15.4. The molecule has 5 heteroatoms. The maximum absolute atomic E-state index is 12.3. The van der Waals surface area contributed by atoms with Crippen molar-refractivity contribution in [1.82, 2.24) is 20.0 Å². The Bertz CT molecular complexity index is 727. The maximum atomic E-state index is 12.3. The lowest BCUT2D eigenvalue weighted by atomic mass is 10.2. The molecule has 1 N–H and O–H groups in total. The molecule has 0 bridgehead atoms. The number of rotatable bonds is 5. The van der Waals surface area contributed by atoms with Crippen LogP contribution in [0, 0.1) is 18.8 Å². The third-order valence-corrected chi connectivity index (χ3v) is 5.31. The van der Waals surface area contributed by atoms with Gasteiger partial charge in [-0.05, 0) is 24.3 Å². The average Bonchev–Trinajstić information content (AvgIpc) is 2.88.